The van der Waals surface area contributed by atoms with Gasteiger partial charge in [-0.05, 0) is 18.2 Å². The van der Waals surface area contributed by atoms with Gasteiger partial charge in [-0.25, -0.2) is 0 Å². The molecule has 2 rings (SSSR count). The molecule has 1 heterocycles. The van der Waals surface area contributed by atoms with E-state index in [1.54, 1.807) is 19.2 Å². The van der Waals surface area contributed by atoms with E-state index in [4.69, 9.17) is 4.74 Å². The minimum atomic E-state index is -0.315. The van der Waals surface area contributed by atoms with Gasteiger partial charge in [0.15, 0.2) is 0 Å². The topological polar surface area (TPSA) is 80.3 Å². The maximum atomic E-state index is 12.1. The van der Waals surface area contributed by atoms with Crippen LogP contribution in [0.3, 0.4) is 0 Å². The lowest BCUT2D eigenvalue weighted by molar-refractivity contribution is 0.0936. The molecule has 2 N–H and O–H groups in total. The summed E-state index contributed by atoms with van der Waals surface area (Å²) in [5.41, 5.74) is 1.34. The number of ether oxygens (including phenoxy) is 1. The summed E-state index contributed by atoms with van der Waals surface area (Å²) in [6.45, 7) is 0.823. The van der Waals surface area contributed by atoms with Gasteiger partial charge in [0, 0.05) is 31.7 Å². The maximum absolute atomic E-state index is 12.1. The molecular weight excluding hydrogens is 282 g/mol. The van der Waals surface area contributed by atoms with Crippen LogP contribution in [0.25, 0.3) is 0 Å². The highest BCUT2D eigenvalue weighted by Gasteiger charge is 2.11. The van der Waals surface area contributed by atoms with Gasteiger partial charge in [-0.15, -0.1) is 0 Å². The number of hydrogen-bond donors (Lipinski definition) is 2. The van der Waals surface area contributed by atoms with E-state index < -0.39 is 0 Å². The molecule has 1 aromatic carbocycles. The summed E-state index contributed by atoms with van der Waals surface area (Å²) in [4.78, 5) is 28.0. The predicted molar refractivity (Wildman–Crippen MR) is 82.8 cm³/mol. The second-order valence-electron chi connectivity index (χ2n) is 4.53. The first-order valence-electron chi connectivity index (χ1n) is 6.79. The van der Waals surface area contributed by atoms with Gasteiger partial charge >= 0.3 is 0 Å². The van der Waals surface area contributed by atoms with Crippen molar-refractivity contribution in [2.24, 2.45) is 0 Å². The molecular formula is C16H17N3O3. The molecule has 0 aliphatic heterocycles. The molecule has 2 aromatic rings. The molecule has 0 spiro atoms. The SMILES string of the molecule is COCCNC(=O)c1cncc(C(=O)Nc2ccccc2)c1. The van der Waals surface area contributed by atoms with Crippen LogP contribution in [-0.2, 0) is 4.74 Å². The summed E-state index contributed by atoms with van der Waals surface area (Å²) >= 11 is 0. The van der Waals surface area contributed by atoms with E-state index in [1.165, 1.54) is 18.5 Å². The van der Waals surface area contributed by atoms with Gasteiger partial charge in [-0.2, -0.15) is 0 Å². The molecule has 0 fully saturated rings. The number of rotatable bonds is 6. The van der Waals surface area contributed by atoms with Crippen LogP contribution in [0.2, 0.25) is 0 Å². The molecule has 1 aromatic heterocycles. The number of hydrogen-bond acceptors (Lipinski definition) is 4. The summed E-state index contributed by atoms with van der Waals surface area (Å²) in [7, 11) is 1.56. The lowest BCUT2D eigenvalue weighted by Gasteiger charge is -2.07. The molecule has 0 atom stereocenters. The fourth-order valence-electron chi connectivity index (χ4n) is 1.78. The van der Waals surface area contributed by atoms with E-state index in [-0.39, 0.29) is 11.8 Å². The number of methoxy groups -OCH3 is 1. The number of nitrogens with one attached hydrogen (secondary N) is 2. The van der Waals surface area contributed by atoms with Crippen LogP contribution < -0.4 is 10.6 Å². The van der Waals surface area contributed by atoms with Crippen molar-refractivity contribution in [3.05, 3.63) is 59.9 Å². The van der Waals surface area contributed by atoms with Gasteiger partial charge in [0.25, 0.3) is 11.8 Å². The number of pyridine rings is 1. The molecule has 6 heteroatoms. The first kappa shape index (κ1) is 15.7. The summed E-state index contributed by atoms with van der Waals surface area (Å²) in [5, 5.41) is 5.43. The molecule has 2 amide bonds. The Hall–Kier alpha value is -2.73. The van der Waals surface area contributed by atoms with Crippen molar-refractivity contribution in [3.63, 3.8) is 0 Å². The molecule has 22 heavy (non-hydrogen) atoms. The summed E-state index contributed by atoms with van der Waals surface area (Å²) in [6, 6.07) is 10.6. The molecule has 0 bridgehead atoms. The summed E-state index contributed by atoms with van der Waals surface area (Å²) in [6.07, 6.45) is 2.84. The van der Waals surface area contributed by atoms with Gasteiger partial charge in [-0.1, -0.05) is 18.2 Å². The highest BCUT2D eigenvalue weighted by Crippen LogP contribution is 2.09. The van der Waals surface area contributed by atoms with Crippen molar-refractivity contribution < 1.29 is 14.3 Å². The van der Waals surface area contributed by atoms with E-state index in [9.17, 15) is 9.59 Å². The number of nitrogens with zero attached hydrogens (tertiary/aromatic N) is 1. The molecule has 0 saturated carbocycles. The molecule has 0 aliphatic carbocycles. The summed E-state index contributed by atoms with van der Waals surface area (Å²) in [5.74, 6) is -0.607. The molecule has 0 aliphatic rings. The zero-order valence-corrected chi connectivity index (χ0v) is 12.2. The van der Waals surface area contributed by atoms with E-state index in [2.05, 4.69) is 15.6 Å². The van der Waals surface area contributed by atoms with Gasteiger partial charge in [0.2, 0.25) is 0 Å². The van der Waals surface area contributed by atoms with Crippen molar-refractivity contribution in [2.75, 3.05) is 25.6 Å². The number of anilines is 1. The van der Waals surface area contributed by atoms with Crippen LogP contribution in [0.15, 0.2) is 48.8 Å². The zero-order chi connectivity index (χ0) is 15.8. The van der Waals surface area contributed by atoms with Crippen molar-refractivity contribution in [1.82, 2.24) is 10.3 Å². The van der Waals surface area contributed by atoms with Gasteiger partial charge < -0.3 is 15.4 Å². The van der Waals surface area contributed by atoms with Crippen LogP contribution in [0.1, 0.15) is 20.7 Å². The van der Waals surface area contributed by atoms with Crippen LogP contribution in [0.4, 0.5) is 5.69 Å². The van der Waals surface area contributed by atoms with Crippen molar-refractivity contribution in [3.8, 4) is 0 Å². The highest BCUT2D eigenvalue weighted by molar-refractivity contribution is 6.05. The van der Waals surface area contributed by atoms with Crippen molar-refractivity contribution >= 4 is 17.5 Å². The fraction of sp³-hybridized carbons (Fsp3) is 0.188. The molecule has 0 unspecified atom stereocenters. The highest BCUT2D eigenvalue weighted by atomic mass is 16.5. The fourth-order valence-corrected chi connectivity index (χ4v) is 1.78. The number of aromatic nitrogens is 1. The Morgan fingerprint density at radius 2 is 1.77 bits per heavy atom. The second-order valence-corrected chi connectivity index (χ2v) is 4.53. The molecule has 114 valence electrons. The quantitative estimate of drug-likeness (QED) is 0.796. The van der Waals surface area contributed by atoms with Crippen LogP contribution in [0.5, 0.6) is 0 Å². The van der Waals surface area contributed by atoms with Gasteiger partial charge in [0.05, 0.1) is 17.7 Å². The standard InChI is InChI=1S/C16H17N3O3/c1-22-8-7-18-15(20)12-9-13(11-17-10-12)16(21)19-14-5-3-2-4-6-14/h2-6,9-11H,7-8H2,1H3,(H,18,20)(H,19,21). The number of para-hydroxylation sites is 1. The Morgan fingerprint density at radius 3 is 2.45 bits per heavy atom. The number of benzene rings is 1. The van der Waals surface area contributed by atoms with Crippen molar-refractivity contribution in [1.29, 1.82) is 0 Å². The lowest BCUT2D eigenvalue weighted by Crippen LogP contribution is -2.27. The predicted octanol–water partition coefficient (Wildman–Crippen LogP) is 1.71. The molecule has 6 nitrogen and oxygen atoms in total. The summed E-state index contributed by atoms with van der Waals surface area (Å²) < 4.78 is 4.86. The maximum Gasteiger partial charge on any atom is 0.257 e. The molecule has 0 saturated heterocycles. The Morgan fingerprint density at radius 1 is 1.09 bits per heavy atom. The zero-order valence-electron chi connectivity index (χ0n) is 12.2. The van der Waals surface area contributed by atoms with Crippen LogP contribution >= 0.6 is 0 Å². The monoisotopic (exact) mass is 299 g/mol. The first-order chi connectivity index (χ1) is 10.7. The second kappa shape index (κ2) is 7.90. The van der Waals surface area contributed by atoms with Crippen LogP contribution in [-0.4, -0.2) is 37.1 Å². The first-order valence-corrected chi connectivity index (χ1v) is 6.79. The van der Waals surface area contributed by atoms with E-state index in [1.807, 2.05) is 18.2 Å². The minimum Gasteiger partial charge on any atom is -0.383 e. The van der Waals surface area contributed by atoms with Crippen molar-refractivity contribution in [2.45, 2.75) is 0 Å². The average molecular weight is 299 g/mol. The van der Waals surface area contributed by atoms with Gasteiger partial charge in [-0.3, -0.25) is 14.6 Å². The number of carbonyl (C=O) groups excluding carboxylic acids is 2. The number of carbonyl (C=O) groups is 2. The van der Waals surface area contributed by atoms with E-state index in [0.717, 1.165) is 0 Å². The third kappa shape index (κ3) is 4.39. The lowest BCUT2D eigenvalue weighted by atomic mass is 10.2. The number of amides is 2. The Kier molecular flexibility index (Phi) is 5.62. The van der Waals surface area contributed by atoms with E-state index >= 15 is 0 Å². The average Bonchev–Trinajstić information content (AvgIpc) is 2.56. The van der Waals surface area contributed by atoms with Gasteiger partial charge in [0.1, 0.15) is 0 Å². The third-order valence-electron chi connectivity index (χ3n) is 2.89. The van der Waals surface area contributed by atoms with Crippen LogP contribution in [0, 0.1) is 0 Å². The Balaban J connectivity index is 2.04. The normalized spacial score (nSPS) is 10.0. The smallest absolute Gasteiger partial charge is 0.257 e. The Bertz CT molecular complexity index is 644. The van der Waals surface area contributed by atoms with E-state index in [0.29, 0.717) is 30.0 Å². The largest absolute Gasteiger partial charge is 0.383 e. The Labute approximate surface area is 128 Å². The third-order valence-corrected chi connectivity index (χ3v) is 2.89. The molecule has 0 radical (unpaired) electrons. The minimum absolute atomic E-state index is 0.293.